The van der Waals surface area contributed by atoms with Crippen molar-refractivity contribution in [3.8, 4) is 0 Å². The summed E-state index contributed by atoms with van der Waals surface area (Å²) in [6, 6.07) is 3.50. The van der Waals surface area contributed by atoms with E-state index >= 15 is 0 Å². The molecule has 3 rings (SSSR count). The van der Waals surface area contributed by atoms with E-state index in [2.05, 4.69) is 30.8 Å². The van der Waals surface area contributed by atoms with Crippen LogP contribution in [-0.4, -0.2) is 31.8 Å². The summed E-state index contributed by atoms with van der Waals surface area (Å²) in [6.45, 7) is 2.04. The van der Waals surface area contributed by atoms with E-state index in [-0.39, 0.29) is 12.3 Å². The molecule has 0 fully saturated rings. The molecule has 130 valence electrons. The lowest BCUT2D eigenvalue weighted by Gasteiger charge is -2.01. The van der Waals surface area contributed by atoms with Crippen molar-refractivity contribution in [3.63, 3.8) is 0 Å². The first-order valence-electron chi connectivity index (χ1n) is 7.21. The van der Waals surface area contributed by atoms with Gasteiger partial charge < -0.3 is 10.6 Å². The molecule has 3 aromatic rings. The number of aromatic nitrogens is 4. The molecule has 1 amide bonds. The van der Waals surface area contributed by atoms with Crippen LogP contribution in [0.1, 0.15) is 12.6 Å². The van der Waals surface area contributed by atoms with Gasteiger partial charge in [0.25, 0.3) is 0 Å². The number of hydrogen-bond acceptors (Lipinski definition) is 9. The molecule has 0 aliphatic carbocycles. The molecule has 0 saturated heterocycles. The summed E-state index contributed by atoms with van der Waals surface area (Å²) in [5.41, 5.74) is 0.673. The molecule has 25 heavy (non-hydrogen) atoms. The normalized spacial score (nSPS) is 10.6. The Kier molecular flexibility index (Phi) is 6.19. The van der Waals surface area contributed by atoms with E-state index in [4.69, 9.17) is 11.6 Å². The van der Waals surface area contributed by atoms with Gasteiger partial charge in [0.1, 0.15) is 5.82 Å². The minimum absolute atomic E-state index is 0.169. The molecule has 0 bridgehead atoms. The lowest BCUT2D eigenvalue weighted by molar-refractivity contribution is -0.115. The Bertz CT molecular complexity index is 850. The van der Waals surface area contributed by atoms with Crippen molar-refractivity contribution in [3.05, 3.63) is 34.4 Å². The smallest absolute Gasteiger partial charge is 0.232 e. The third kappa shape index (κ3) is 5.36. The largest absolute Gasteiger partial charge is 0.316 e. The van der Waals surface area contributed by atoms with Gasteiger partial charge in [-0.2, -0.15) is 0 Å². The highest BCUT2D eigenvalue weighted by Crippen LogP contribution is 2.25. The molecule has 3 heterocycles. The second-order valence-electron chi connectivity index (χ2n) is 4.66. The van der Waals surface area contributed by atoms with E-state index < -0.39 is 0 Å². The first-order valence-corrected chi connectivity index (χ1v) is 10.3. The Morgan fingerprint density at radius 2 is 2.20 bits per heavy atom. The highest BCUT2D eigenvalue weighted by atomic mass is 35.5. The second kappa shape index (κ2) is 8.56. The highest BCUT2D eigenvalue weighted by molar-refractivity contribution is 8.01. The molecule has 0 spiro atoms. The zero-order chi connectivity index (χ0) is 17.6. The maximum absolute atomic E-state index is 12.1. The number of carbonyl (C=O) groups is 1. The fraction of sp³-hybridized carbons (Fsp3) is 0.214. The fourth-order valence-electron chi connectivity index (χ4n) is 1.77. The van der Waals surface area contributed by atoms with Crippen molar-refractivity contribution >= 4 is 68.0 Å². The van der Waals surface area contributed by atoms with E-state index in [0.29, 0.717) is 26.8 Å². The van der Waals surface area contributed by atoms with E-state index in [1.165, 1.54) is 22.7 Å². The van der Waals surface area contributed by atoms with Crippen LogP contribution in [0.2, 0.25) is 5.02 Å². The van der Waals surface area contributed by atoms with Crippen molar-refractivity contribution in [2.45, 2.75) is 17.7 Å². The number of nitrogens with one attached hydrogen (secondary N) is 2. The van der Waals surface area contributed by atoms with Gasteiger partial charge >= 0.3 is 0 Å². The van der Waals surface area contributed by atoms with E-state index in [1.54, 1.807) is 30.1 Å². The van der Waals surface area contributed by atoms with Crippen molar-refractivity contribution in [2.75, 3.05) is 16.4 Å². The molecule has 11 heteroatoms. The third-order valence-electron chi connectivity index (χ3n) is 2.78. The van der Waals surface area contributed by atoms with Gasteiger partial charge in [0, 0.05) is 11.6 Å². The number of thiazole rings is 1. The Morgan fingerprint density at radius 1 is 1.32 bits per heavy atom. The Balaban J connectivity index is 1.54. The van der Waals surface area contributed by atoms with Gasteiger partial charge in [-0.25, -0.2) is 9.97 Å². The topological polar surface area (TPSA) is 92.7 Å². The van der Waals surface area contributed by atoms with Gasteiger partial charge in [-0.15, -0.1) is 21.5 Å². The standard InChI is InChI=1S/C14H13ClN6OS3/c1-2-23-14-21-20-13(25-14)19-11(22)5-9-7-24-12(17-9)18-10-4-3-8(15)6-16-10/h3-4,6-7H,2,5H2,1H3,(H,16,17,18)(H,19,20,22). The average molecular weight is 413 g/mol. The van der Waals surface area contributed by atoms with Crippen molar-refractivity contribution < 1.29 is 4.79 Å². The Hall–Kier alpha value is -1.75. The van der Waals surface area contributed by atoms with Crippen molar-refractivity contribution in [1.82, 2.24) is 20.2 Å². The molecule has 0 saturated carbocycles. The van der Waals surface area contributed by atoms with Gasteiger partial charge in [0.2, 0.25) is 11.0 Å². The molecular weight excluding hydrogens is 400 g/mol. The summed E-state index contributed by atoms with van der Waals surface area (Å²) in [5, 5.41) is 17.3. The van der Waals surface area contributed by atoms with Gasteiger partial charge in [0.05, 0.1) is 17.1 Å². The fourth-order valence-corrected chi connectivity index (χ4v) is 4.27. The maximum atomic E-state index is 12.1. The average Bonchev–Trinajstić information content (AvgIpc) is 3.20. The van der Waals surface area contributed by atoms with E-state index in [9.17, 15) is 4.79 Å². The Labute approximate surface area is 161 Å². The summed E-state index contributed by atoms with van der Waals surface area (Å²) in [5.74, 6) is 1.38. The van der Waals surface area contributed by atoms with Crippen LogP contribution < -0.4 is 10.6 Å². The van der Waals surface area contributed by atoms with Crippen molar-refractivity contribution in [2.24, 2.45) is 0 Å². The molecule has 0 radical (unpaired) electrons. The van der Waals surface area contributed by atoms with Crippen LogP contribution in [0.4, 0.5) is 16.1 Å². The first kappa shape index (κ1) is 18.1. The van der Waals surface area contributed by atoms with Gasteiger partial charge in [0.15, 0.2) is 9.47 Å². The zero-order valence-corrected chi connectivity index (χ0v) is 16.2. The zero-order valence-electron chi connectivity index (χ0n) is 13.0. The van der Waals surface area contributed by atoms with Crippen LogP contribution in [0.5, 0.6) is 0 Å². The van der Waals surface area contributed by atoms with E-state index in [0.717, 1.165) is 10.1 Å². The van der Waals surface area contributed by atoms with Gasteiger partial charge in [-0.3, -0.25) is 4.79 Å². The summed E-state index contributed by atoms with van der Waals surface area (Å²) < 4.78 is 0.841. The number of thioether (sulfide) groups is 1. The molecule has 0 atom stereocenters. The number of nitrogens with zero attached hydrogens (tertiary/aromatic N) is 4. The number of rotatable bonds is 7. The molecule has 0 unspecified atom stereocenters. The first-order chi connectivity index (χ1) is 12.1. The summed E-state index contributed by atoms with van der Waals surface area (Å²) >= 11 is 10.2. The summed E-state index contributed by atoms with van der Waals surface area (Å²) in [4.78, 5) is 20.6. The number of carbonyl (C=O) groups excluding carboxylic acids is 1. The van der Waals surface area contributed by atoms with E-state index in [1.807, 2.05) is 12.3 Å². The minimum Gasteiger partial charge on any atom is -0.316 e. The number of pyridine rings is 1. The lowest BCUT2D eigenvalue weighted by atomic mass is 10.3. The number of anilines is 3. The monoisotopic (exact) mass is 412 g/mol. The van der Waals surface area contributed by atoms with Crippen molar-refractivity contribution in [1.29, 1.82) is 0 Å². The quantitative estimate of drug-likeness (QED) is 0.446. The highest BCUT2D eigenvalue weighted by Gasteiger charge is 2.11. The maximum Gasteiger partial charge on any atom is 0.232 e. The van der Waals surface area contributed by atoms with Crippen LogP contribution in [0.3, 0.4) is 0 Å². The minimum atomic E-state index is -0.175. The second-order valence-corrected chi connectivity index (χ2v) is 8.44. The molecule has 0 aromatic carbocycles. The predicted octanol–water partition coefficient (Wildman–Crippen LogP) is 4.08. The van der Waals surface area contributed by atoms with Crippen LogP contribution in [0, 0.1) is 0 Å². The number of halogens is 1. The third-order valence-corrected chi connectivity index (χ3v) is 5.66. The predicted molar refractivity (Wildman–Crippen MR) is 103 cm³/mol. The van der Waals surface area contributed by atoms with Gasteiger partial charge in [-0.1, -0.05) is 41.6 Å². The van der Waals surface area contributed by atoms with Crippen LogP contribution in [0.25, 0.3) is 0 Å². The molecule has 3 aromatic heterocycles. The van der Waals surface area contributed by atoms with Crippen LogP contribution in [0.15, 0.2) is 28.0 Å². The summed E-state index contributed by atoms with van der Waals surface area (Å²) in [7, 11) is 0. The molecule has 0 aliphatic rings. The number of amides is 1. The Morgan fingerprint density at radius 3 is 2.96 bits per heavy atom. The van der Waals surface area contributed by atoms with Crippen LogP contribution >= 0.6 is 46.0 Å². The van der Waals surface area contributed by atoms with Gasteiger partial charge in [-0.05, 0) is 17.9 Å². The molecule has 2 N–H and O–H groups in total. The summed E-state index contributed by atoms with van der Waals surface area (Å²) in [6.07, 6.45) is 1.72. The molecule has 0 aliphatic heterocycles. The SMILES string of the molecule is CCSc1nnc(NC(=O)Cc2csc(Nc3ccc(Cl)cn3)n2)s1. The molecular formula is C14H13ClN6OS3. The van der Waals surface area contributed by atoms with Crippen LogP contribution in [-0.2, 0) is 11.2 Å². The lowest BCUT2D eigenvalue weighted by Crippen LogP contribution is -2.14. The number of hydrogen-bond donors (Lipinski definition) is 2. The molecule has 7 nitrogen and oxygen atoms in total.